The summed E-state index contributed by atoms with van der Waals surface area (Å²) in [6, 6.07) is 25.8. The molecule has 0 unspecified atom stereocenters. The summed E-state index contributed by atoms with van der Waals surface area (Å²) in [6.07, 6.45) is 0. The first-order valence-electron chi connectivity index (χ1n) is 10.0. The summed E-state index contributed by atoms with van der Waals surface area (Å²) < 4.78 is 0. The Hall–Kier alpha value is -2.13. The van der Waals surface area contributed by atoms with Crippen molar-refractivity contribution in [1.82, 2.24) is 9.80 Å². The molecule has 0 amide bonds. The van der Waals surface area contributed by atoms with Crippen LogP contribution in [0, 0.1) is 6.92 Å². The summed E-state index contributed by atoms with van der Waals surface area (Å²) in [6.45, 7) is 8.68. The molecule has 4 rings (SSSR count). The van der Waals surface area contributed by atoms with Gasteiger partial charge in [0, 0.05) is 49.9 Å². The molecule has 1 saturated heterocycles. The van der Waals surface area contributed by atoms with Crippen molar-refractivity contribution in [2.45, 2.75) is 20.0 Å². The van der Waals surface area contributed by atoms with Gasteiger partial charge in [0.2, 0.25) is 0 Å². The molecule has 3 aromatic carbocycles. The van der Waals surface area contributed by atoms with E-state index in [1.54, 1.807) is 0 Å². The summed E-state index contributed by atoms with van der Waals surface area (Å²) >= 11 is 6.38. The topological polar surface area (TPSA) is 6.48 Å². The van der Waals surface area contributed by atoms with Crippen LogP contribution in [0.1, 0.15) is 16.7 Å². The molecular weight excluding hydrogens is 364 g/mol. The summed E-state index contributed by atoms with van der Waals surface area (Å²) in [5.74, 6) is 0. The quantitative estimate of drug-likeness (QED) is 0.556. The Morgan fingerprint density at radius 1 is 0.714 bits per heavy atom. The lowest BCUT2D eigenvalue weighted by molar-refractivity contribution is 0.122. The maximum absolute atomic E-state index is 6.38. The summed E-state index contributed by atoms with van der Waals surface area (Å²) in [5.41, 5.74) is 6.30. The van der Waals surface area contributed by atoms with E-state index in [2.05, 4.69) is 83.5 Å². The minimum atomic E-state index is 0.813. The van der Waals surface area contributed by atoms with Crippen molar-refractivity contribution in [1.29, 1.82) is 0 Å². The van der Waals surface area contributed by atoms with E-state index in [4.69, 9.17) is 11.6 Å². The van der Waals surface area contributed by atoms with Crippen molar-refractivity contribution >= 4 is 11.6 Å². The summed E-state index contributed by atoms with van der Waals surface area (Å²) in [4.78, 5) is 5.10. The van der Waals surface area contributed by atoms with Crippen LogP contribution in [0.25, 0.3) is 11.1 Å². The fraction of sp³-hybridized carbons (Fsp3) is 0.280. The zero-order valence-electron chi connectivity index (χ0n) is 16.4. The van der Waals surface area contributed by atoms with Gasteiger partial charge in [0.1, 0.15) is 0 Å². The van der Waals surface area contributed by atoms with E-state index in [0.717, 1.165) is 49.9 Å². The van der Waals surface area contributed by atoms with Gasteiger partial charge in [-0.15, -0.1) is 0 Å². The van der Waals surface area contributed by atoms with E-state index in [1.807, 2.05) is 6.07 Å². The highest BCUT2D eigenvalue weighted by Gasteiger charge is 2.17. The van der Waals surface area contributed by atoms with Crippen molar-refractivity contribution in [3.8, 4) is 11.1 Å². The van der Waals surface area contributed by atoms with Crippen molar-refractivity contribution in [3.05, 3.63) is 94.5 Å². The van der Waals surface area contributed by atoms with E-state index in [9.17, 15) is 0 Å². The molecule has 1 aliphatic heterocycles. The first-order chi connectivity index (χ1) is 13.7. The van der Waals surface area contributed by atoms with Crippen LogP contribution in [0.5, 0.6) is 0 Å². The molecule has 28 heavy (non-hydrogen) atoms. The smallest absolute Gasteiger partial charge is 0.0484 e. The third kappa shape index (κ3) is 4.82. The van der Waals surface area contributed by atoms with Crippen LogP contribution in [-0.2, 0) is 13.1 Å². The monoisotopic (exact) mass is 390 g/mol. The van der Waals surface area contributed by atoms with Gasteiger partial charge in [0.25, 0.3) is 0 Å². The average Bonchev–Trinajstić information content (AvgIpc) is 2.73. The molecule has 0 spiro atoms. The van der Waals surface area contributed by atoms with Crippen molar-refractivity contribution < 1.29 is 0 Å². The second-order valence-corrected chi connectivity index (χ2v) is 8.13. The molecule has 3 heteroatoms. The molecule has 0 N–H and O–H groups in total. The zero-order chi connectivity index (χ0) is 19.3. The molecule has 3 aromatic rings. The fourth-order valence-electron chi connectivity index (χ4n) is 3.86. The van der Waals surface area contributed by atoms with Gasteiger partial charge in [-0.05, 0) is 35.7 Å². The minimum Gasteiger partial charge on any atom is -0.297 e. The number of halogens is 1. The number of hydrogen-bond acceptors (Lipinski definition) is 2. The normalized spacial score (nSPS) is 15.6. The van der Waals surface area contributed by atoms with Gasteiger partial charge in [-0.3, -0.25) is 9.80 Å². The van der Waals surface area contributed by atoms with Crippen molar-refractivity contribution in [2.24, 2.45) is 0 Å². The Morgan fingerprint density at radius 2 is 1.29 bits per heavy atom. The van der Waals surface area contributed by atoms with E-state index >= 15 is 0 Å². The van der Waals surface area contributed by atoms with Crippen LogP contribution in [-0.4, -0.2) is 36.0 Å². The number of aryl methyl sites for hydroxylation is 1. The molecule has 0 bridgehead atoms. The van der Waals surface area contributed by atoms with Gasteiger partial charge in [-0.1, -0.05) is 77.8 Å². The summed E-state index contributed by atoms with van der Waals surface area (Å²) in [5, 5.41) is 0.813. The Labute approximate surface area is 173 Å². The molecule has 0 saturated carbocycles. The number of piperazine rings is 1. The highest BCUT2D eigenvalue weighted by molar-refractivity contribution is 6.33. The van der Waals surface area contributed by atoms with E-state index < -0.39 is 0 Å². The Bertz CT molecular complexity index is 898. The highest BCUT2D eigenvalue weighted by atomic mass is 35.5. The van der Waals surface area contributed by atoms with E-state index in [-0.39, 0.29) is 0 Å². The van der Waals surface area contributed by atoms with Gasteiger partial charge in [0.15, 0.2) is 0 Å². The Balaban J connectivity index is 1.32. The molecule has 2 nitrogen and oxygen atoms in total. The highest BCUT2D eigenvalue weighted by Crippen LogP contribution is 2.29. The fourth-order valence-corrected chi connectivity index (χ4v) is 4.08. The Morgan fingerprint density at radius 3 is 1.89 bits per heavy atom. The lowest BCUT2D eigenvalue weighted by atomic mass is 10.0. The molecule has 0 atom stereocenters. The Kier molecular flexibility index (Phi) is 6.11. The standard InChI is InChI=1S/C25H27ClN2/c1-20-7-12-25(26)24(17-20)23-10-8-22(9-11-23)19-28-15-13-27(14-16-28)18-21-5-3-2-4-6-21/h2-12,17H,13-16,18-19H2,1H3. The van der Waals surface area contributed by atoms with Crippen LogP contribution in [0.15, 0.2) is 72.8 Å². The molecule has 0 aliphatic carbocycles. The van der Waals surface area contributed by atoms with Crippen molar-refractivity contribution in [3.63, 3.8) is 0 Å². The third-order valence-electron chi connectivity index (χ3n) is 5.51. The van der Waals surface area contributed by atoms with Gasteiger partial charge < -0.3 is 0 Å². The molecule has 0 radical (unpaired) electrons. The molecular formula is C25H27ClN2. The van der Waals surface area contributed by atoms with Crippen LogP contribution in [0.3, 0.4) is 0 Å². The maximum atomic E-state index is 6.38. The van der Waals surface area contributed by atoms with E-state index in [0.29, 0.717) is 0 Å². The number of hydrogen-bond donors (Lipinski definition) is 0. The van der Waals surface area contributed by atoms with Crippen LogP contribution < -0.4 is 0 Å². The van der Waals surface area contributed by atoms with Crippen LogP contribution in [0.4, 0.5) is 0 Å². The third-order valence-corrected chi connectivity index (χ3v) is 5.84. The second kappa shape index (κ2) is 8.91. The lowest BCUT2D eigenvalue weighted by Crippen LogP contribution is -2.45. The first kappa shape index (κ1) is 19.2. The molecule has 1 aliphatic rings. The minimum absolute atomic E-state index is 0.813. The average molecular weight is 391 g/mol. The molecule has 1 fully saturated rings. The molecule has 0 aromatic heterocycles. The molecule has 144 valence electrons. The van der Waals surface area contributed by atoms with Gasteiger partial charge in [-0.25, -0.2) is 0 Å². The number of rotatable bonds is 5. The van der Waals surface area contributed by atoms with Gasteiger partial charge in [-0.2, -0.15) is 0 Å². The van der Waals surface area contributed by atoms with Crippen LogP contribution in [0.2, 0.25) is 5.02 Å². The maximum Gasteiger partial charge on any atom is 0.0484 e. The van der Waals surface area contributed by atoms with Gasteiger partial charge >= 0.3 is 0 Å². The predicted molar refractivity (Wildman–Crippen MR) is 119 cm³/mol. The zero-order valence-corrected chi connectivity index (χ0v) is 17.2. The SMILES string of the molecule is Cc1ccc(Cl)c(-c2ccc(CN3CCN(Cc4ccccc4)CC3)cc2)c1. The number of benzene rings is 3. The first-order valence-corrected chi connectivity index (χ1v) is 10.4. The largest absolute Gasteiger partial charge is 0.297 e. The molecule has 1 heterocycles. The van der Waals surface area contributed by atoms with E-state index in [1.165, 1.54) is 22.3 Å². The van der Waals surface area contributed by atoms with Crippen molar-refractivity contribution in [2.75, 3.05) is 26.2 Å². The lowest BCUT2D eigenvalue weighted by Gasteiger charge is -2.34. The number of nitrogens with zero attached hydrogens (tertiary/aromatic N) is 2. The predicted octanol–water partition coefficient (Wildman–Crippen LogP) is 5.63. The summed E-state index contributed by atoms with van der Waals surface area (Å²) in [7, 11) is 0. The van der Waals surface area contributed by atoms with Crippen LogP contribution >= 0.6 is 11.6 Å². The van der Waals surface area contributed by atoms with Gasteiger partial charge in [0.05, 0.1) is 0 Å². The second-order valence-electron chi connectivity index (χ2n) is 7.72.